The summed E-state index contributed by atoms with van der Waals surface area (Å²) in [7, 11) is 2.73. The molecular formula is C15H15N5O5S. The standard InChI is InChI=1S/C15H15N5O5S/c1-7-8(2)26-15-17-14(18-19(7)15)16-13(21)9-5-11(24-3)12(25-4)6-10(9)20(22)23/h5-6H,1-4H3,(H,16,18,21). The lowest BCUT2D eigenvalue weighted by atomic mass is 10.1. The first-order chi connectivity index (χ1) is 12.3. The molecule has 3 rings (SSSR count). The molecule has 0 aliphatic heterocycles. The SMILES string of the molecule is COc1cc(C(=O)Nc2nc3sc(C)c(C)n3n2)c([N+](=O)[O-])cc1OC. The van der Waals surface area contributed by atoms with Crippen molar-refractivity contribution in [2.24, 2.45) is 0 Å². The smallest absolute Gasteiger partial charge is 0.286 e. The summed E-state index contributed by atoms with van der Waals surface area (Å²) in [6.45, 7) is 3.83. The molecule has 0 aliphatic rings. The number of aryl methyl sites for hydroxylation is 2. The van der Waals surface area contributed by atoms with Gasteiger partial charge in [-0.2, -0.15) is 4.98 Å². The summed E-state index contributed by atoms with van der Waals surface area (Å²) in [4.78, 5) is 29.1. The number of methoxy groups -OCH3 is 2. The molecule has 0 saturated heterocycles. The number of carbonyl (C=O) groups excluding carboxylic acids is 1. The molecule has 3 aromatic rings. The van der Waals surface area contributed by atoms with Crippen molar-refractivity contribution in [1.29, 1.82) is 0 Å². The molecule has 0 saturated carbocycles. The van der Waals surface area contributed by atoms with Gasteiger partial charge in [0, 0.05) is 10.9 Å². The van der Waals surface area contributed by atoms with E-state index < -0.39 is 16.5 Å². The summed E-state index contributed by atoms with van der Waals surface area (Å²) in [5.74, 6) is -0.297. The van der Waals surface area contributed by atoms with Crippen LogP contribution >= 0.6 is 11.3 Å². The first kappa shape index (κ1) is 17.6. The lowest BCUT2D eigenvalue weighted by Gasteiger charge is -2.10. The van der Waals surface area contributed by atoms with Gasteiger partial charge in [-0.1, -0.05) is 11.3 Å². The molecule has 11 heteroatoms. The Hall–Kier alpha value is -3.21. The van der Waals surface area contributed by atoms with E-state index in [9.17, 15) is 14.9 Å². The van der Waals surface area contributed by atoms with Gasteiger partial charge in [-0.15, -0.1) is 5.10 Å². The Morgan fingerprint density at radius 3 is 2.50 bits per heavy atom. The zero-order valence-electron chi connectivity index (χ0n) is 14.4. The third-order valence-corrected chi connectivity index (χ3v) is 4.87. The van der Waals surface area contributed by atoms with Crippen LogP contribution in [0.4, 0.5) is 11.6 Å². The van der Waals surface area contributed by atoms with E-state index in [2.05, 4.69) is 15.4 Å². The summed E-state index contributed by atoms with van der Waals surface area (Å²) in [6.07, 6.45) is 0. The van der Waals surface area contributed by atoms with Gasteiger partial charge in [0.2, 0.25) is 4.96 Å². The number of anilines is 1. The van der Waals surface area contributed by atoms with E-state index in [1.54, 1.807) is 4.52 Å². The number of nitro groups is 1. The lowest BCUT2D eigenvalue weighted by Crippen LogP contribution is -2.15. The van der Waals surface area contributed by atoms with Crippen molar-refractivity contribution >= 4 is 33.8 Å². The molecule has 0 bridgehead atoms. The number of benzene rings is 1. The minimum atomic E-state index is -0.717. The summed E-state index contributed by atoms with van der Waals surface area (Å²) >= 11 is 1.43. The monoisotopic (exact) mass is 377 g/mol. The Kier molecular flexibility index (Phi) is 4.47. The van der Waals surface area contributed by atoms with E-state index in [1.165, 1.54) is 31.6 Å². The van der Waals surface area contributed by atoms with Crippen molar-refractivity contribution in [1.82, 2.24) is 14.6 Å². The van der Waals surface area contributed by atoms with Gasteiger partial charge < -0.3 is 9.47 Å². The maximum Gasteiger partial charge on any atom is 0.286 e. The largest absolute Gasteiger partial charge is 0.493 e. The van der Waals surface area contributed by atoms with Crippen LogP contribution in [0.1, 0.15) is 20.9 Å². The highest BCUT2D eigenvalue weighted by molar-refractivity contribution is 7.17. The first-order valence-corrected chi connectivity index (χ1v) is 8.22. The van der Waals surface area contributed by atoms with Gasteiger partial charge in [0.05, 0.1) is 30.9 Å². The van der Waals surface area contributed by atoms with Gasteiger partial charge in [0.25, 0.3) is 17.5 Å². The van der Waals surface area contributed by atoms with Crippen molar-refractivity contribution in [2.75, 3.05) is 19.5 Å². The van der Waals surface area contributed by atoms with E-state index in [0.29, 0.717) is 4.96 Å². The number of hydrogen-bond acceptors (Lipinski definition) is 8. The molecule has 1 N–H and O–H groups in total. The second-order valence-electron chi connectivity index (χ2n) is 5.31. The Balaban J connectivity index is 1.98. The molecule has 0 unspecified atom stereocenters. The van der Waals surface area contributed by atoms with E-state index >= 15 is 0 Å². The zero-order chi connectivity index (χ0) is 19.0. The summed E-state index contributed by atoms with van der Waals surface area (Å²) in [6, 6.07) is 2.39. The second kappa shape index (κ2) is 6.59. The van der Waals surface area contributed by atoms with Crippen LogP contribution in [0.2, 0.25) is 0 Å². The Morgan fingerprint density at radius 2 is 1.92 bits per heavy atom. The molecule has 26 heavy (non-hydrogen) atoms. The van der Waals surface area contributed by atoms with Crippen LogP contribution in [-0.4, -0.2) is 39.6 Å². The molecule has 2 aromatic heterocycles. The van der Waals surface area contributed by atoms with Crippen LogP contribution in [-0.2, 0) is 0 Å². The molecule has 0 aliphatic carbocycles. The van der Waals surface area contributed by atoms with Crippen LogP contribution in [0.5, 0.6) is 11.5 Å². The predicted molar refractivity (Wildman–Crippen MR) is 94.5 cm³/mol. The van der Waals surface area contributed by atoms with Crippen LogP contribution in [0.25, 0.3) is 4.96 Å². The second-order valence-corrected chi connectivity index (χ2v) is 6.49. The number of ether oxygens (including phenoxy) is 2. The fourth-order valence-electron chi connectivity index (χ4n) is 2.37. The summed E-state index contributed by atoms with van der Waals surface area (Å²) in [5, 5.41) is 18.0. The van der Waals surface area contributed by atoms with Crippen LogP contribution in [0.3, 0.4) is 0 Å². The Bertz CT molecular complexity index is 1030. The molecule has 0 atom stereocenters. The highest BCUT2D eigenvalue weighted by Gasteiger charge is 2.25. The van der Waals surface area contributed by atoms with Crippen molar-refractivity contribution in [3.8, 4) is 11.5 Å². The van der Waals surface area contributed by atoms with Gasteiger partial charge in [0.15, 0.2) is 11.5 Å². The average molecular weight is 377 g/mol. The van der Waals surface area contributed by atoms with Gasteiger partial charge in [-0.3, -0.25) is 20.2 Å². The van der Waals surface area contributed by atoms with Gasteiger partial charge in [0.1, 0.15) is 5.56 Å². The number of aromatic nitrogens is 3. The number of carbonyl (C=O) groups is 1. The number of fused-ring (bicyclic) bond motifs is 1. The molecule has 2 heterocycles. The number of nitrogens with zero attached hydrogens (tertiary/aromatic N) is 4. The van der Waals surface area contributed by atoms with E-state index in [1.807, 2.05) is 13.8 Å². The predicted octanol–water partition coefficient (Wildman–Crippen LogP) is 2.59. The third kappa shape index (κ3) is 2.92. The number of amides is 1. The highest BCUT2D eigenvalue weighted by atomic mass is 32.1. The molecule has 136 valence electrons. The molecule has 0 radical (unpaired) electrons. The topological polar surface area (TPSA) is 121 Å². The number of thiazole rings is 1. The van der Waals surface area contributed by atoms with E-state index in [-0.39, 0.29) is 23.0 Å². The van der Waals surface area contributed by atoms with Gasteiger partial charge in [-0.25, -0.2) is 4.52 Å². The molecule has 0 fully saturated rings. The van der Waals surface area contributed by atoms with Crippen LogP contribution < -0.4 is 14.8 Å². The van der Waals surface area contributed by atoms with E-state index in [4.69, 9.17) is 9.47 Å². The number of nitro benzene ring substituents is 1. The summed E-state index contributed by atoms with van der Waals surface area (Å²) in [5.41, 5.74) is 0.321. The van der Waals surface area contributed by atoms with E-state index in [0.717, 1.165) is 16.6 Å². The zero-order valence-corrected chi connectivity index (χ0v) is 15.2. The molecule has 0 spiro atoms. The Morgan fingerprint density at radius 1 is 1.27 bits per heavy atom. The van der Waals surface area contributed by atoms with Crippen molar-refractivity contribution in [3.63, 3.8) is 0 Å². The minimum absolute atomic E-state index is 0.0634. The quantitative estimate of drug-likeness (QED) is 0.536. The Labute approximate surface area is 151 Å². The molecule has 10 nitrogen and oxygen atoms in total. The average Bonchev–Trinajstić information content (AvgIpc) is 3.12. The van der Waals surface area contributed by atoms with Crippen LogP contribution in [0.15, 0.2) is 12.1 Å². The summed E-state index contributed by atoms with van der Waals surface area (Å²) < 4.78 is 11.8. The van der Waals surface area contributed by atoms with Crippen molar-refractivity contribution < 1.29 is 19.2 Å². The fraction of sp³-hybridized carbons (Fsp3) is 0.267. The number of nitrogens with one attached hydrogen (secondary N) is 1. The fourth-order valence-corrected chi connectivity index (χ4v) is 3.27. The maximum atomic E-state index is 12.6. The molecule has 1 amide bonds. The number of hydrogen-bond donors (Lipinski definition) is 1. The first-order valence-electron chi connectivity index (χ1n) is 7.40. The number of rotatable bonds is 5. The van der Waals surface area contributed by atoms with Crippen molar-refractivity contribution in [3.05, 3.63) is 38.4 Å². The minimum Gasteiger partial charge on any atom is -0.493 e. The van der Waals surface area contributed by atoms with Crippen LogP contribution in [0, 0.1) is 24.0 Å². The maximum absolute atomic E-state index is 12.6. The third-order valence-electron chi connectivity index (χ3n) is 3.82. The molecular weight excluding hydrogens is 362 g/mol. The lowest BCUT2D eigenvalue weighted by molar-refractivity contribution is -0.385. The molecule has 1 aromatic carbocycles. The normalized spacial score (nSPS) is 10.8. The van der Waals surface area contributed by atoms with Crippen molar-refractivity contribution in [2.45, 2.75) is 13.8 Å². The van der Waals surface area contributed by atoms with Gasteiger partial charge >= 0.3 is 0 Å². The highest BCUT2D eigenvalue weighted by Crippen LogP contribution is 2.34. The van der Waals surface area contributed by atoms with Gasteiger partial charge in [-0.05, 0) is 13.8 Å².